The molecule has 0 heterocycles. The number of carbonyl (C=O) groups is 1. The number of hydrogen-bond acceptors (Lipinski definition) is 3. The molecule has 2 aliphatic carbocycles. The van der Waals surface area contributed by atoms with E-state index in [9.17, 15) is 4.79 Å². The molecule has 0 amide bonds. The highest BCUT2D eigenvalue weighted by molar-refractivity contribution is 5.60. The Morgan fingerprint density at radius 2 is 1.48 bits per heavy atom. The molecule has 3 heteroatoms. The zero-order valence-corrected chi connectivity index (χ0v) is 17.2. The Bertz CT molecular complexity index is 401. The van der Waals surface area contributed by atoms with Gasteiger partial charge in [-0.25, -0.2) is 4.79 Å². The second-order valence-corrected chi connectivity index (χ2v) is 9.20. The van der Waals surface area contributed by atoms with Crippen molar-refractivity contribution in [3.63, 3.8) is 0 Å². The van der Waals surface area contributed by atoms with Crippen molar-refractivity contribution in [1.82, 2.24) is 0 Å². The van der Waals surface area contributed by atoms with Crippen molar-refractivity contribution >= 4 is 6.16 Å². The minimum atomic E-state index is -0.472. The van der Waals surface area contributed by atoms with Crippen molar-refractivity contribution < 1.29 is 14.3 Å². The molecule has 2 rings (SSSR count). The van der Waals surface area contributed by atoms with Gasteiger partial charge in [0, 0.05) is 0 Å². The normalized spacial score (nSPS) is 32.0. The smallest absolute Gasteiger partial charge is 0.431 e. The third-order valence-electron chi connectivity index (χ3n) is 7.31. The molecular weight excluding hydrogens is 312 g/mol. The molecule has 146 valence electrons. The summed E-state index contributed by atoms with van der Waals surface area (Å²) >= 11 is 0. The van der Waals surface area contributed by atoms with Gasteiger partial charge in [0.15, 0.2) is 0 Å². The average Bonchev–Trinajstić information content (AvgIpc) is 2.62. The number of ether oxygens (including phenoxy) is 2. The van der Waals surface area contributed by atoms with Gasteiger partial charge in [-0.05, 0) is 87.9 Å². The van der Waals surface area contributed by atoms with E-state index in [1.165, 1.54) is 44.9 Å². The van der Waals surface area contributed by atoms with Crippen molar-refractivity contribution in [3.05, 3.63) is 0 Å². The predicted octanol–water partition coefficient (Wildman–Crippen LogP) is 6.74. The number of carbonyl (C=O) groups excluding carboxylic acids is 1. The molecule has 3 nitrogen and oxygen atoms in total. The molecule has 25 heavy (non-hydrogen) atoms. The Hall–Kier alpha value is -0.730. The molecule has 0 saturated heterocycles. The van der Waals surface area contributed by atoms with Crippen LogP contribution in [-0.4, -0.2) is 18.4 Å². The first-order chi connectivity index (χ1) is 11.9. The van der Waals surface area contributed by atoms with Crippen molar-refractivity contribution in [3.8, 4) is 0 Å². The van der Waals surface area contributed by atoms with Crippen LogP contribution in [0.5, 0.6) is 0 Å². The van der Waals surface area contributed by atoms with Crippen LogP contribution >= 0.6 is 0 Å². The standard InChI is InChI=1S/C22H40O3/c1-6-16(3)24-21(23)25-20-14-10-18(11-15-20)17-8-12-19(13-9-17)22(4,5)7-2/h16-20H,6-15H2,1-5H3. The summed E-state index contributed by atoms with van der Waals surface area (Å²) in [6.07, 6.45) is 11.8. The lowest BCUT2D eigenvalue weighted by atomic mass is 9.64. The topological polar surface area (TPSA) is 35.5 Å². The molecule has 0 spiro atoms. The molecule has 2 aliphatic rings. The van der Waals surface area contributed by atoms with E-state index in [4.69, 9.17) is 9.47 Å². The van der Waals surface area contributed by atoms with Crippen molar-refractivity contribution in [1.29, 1.82) is 0 Å². The first kappa shape index (κ1) is 20.6. The quantitative estimate of drug-likeness (QED) is 0.497. The summed E-state index contributed by atoms with van der Waals surface area (Å²) in [6, 6.07) is 0. The van der Waals surface area contributed by atoms with Gasteiger partial charge in [0.05, 0.1) is 0 Å². The number of hydrogen-bond donors (Lipinski definition) is 0. The molecule has 0 aromatic heterocycles. The van der Waals surface area contributed by atoms with E-state index in [2.05, 4.69) is 20.8 Å². The maximum atomic E-state index is 11.8. The van der Waals surface area contributed by atoms with E-state index < -0.39 is 6.16 Å². The average molecular weight is 353 g/mol. The molecule has 1 unspecified atom stereocenters. The Morgan fingerprint density at radius 3 is 1.96 bits per heavy atom. The van der Waals surface area contributed by atoms with Gasteiger partial charge in [-0.2, -0.15) is 0 Å². The lowest BCUT2D eigenvalue weighted by Crippen LogP contribution is -2.33. The zero-order chi connectivity index (χ0) is 18.4. The van der Waals surface area contributed by atoms with Crippen LogP contribution in [0.15, 0.2) is 0 Å². The van der Waals surface area contributed by atoms with Gasteiger partial charge in [-0.15, -0.1) is 0 Å². The maximum Gasteiger partial charge on any atom is 0.508 e. The molecule has 1 atom stereocenters. The van der Waals surface area contributed by atoms with E-state index in [0.29, 0.717) is 5.41 Å². The van der Waals surface area contributed by atoms with Crippen LogP contribution in [0.25, 0.3) is 0 Å². The summed E-state index contributed by atoms with van der Waals surface area (Å²) in [6.45, 7) is 11.1. The van der Waals surface area contributed by atoms with Crippen LogP contribution in [-0.2, 0) is 9.47 Å². The molecule has 0 bridgehead atoms. The van der Waals surface area contributed by atoms with Crippen LogP contribution < -0.4 is 0 Å². The maximum absolute atomic E-state index is 11.8. The Labute approximate surface area is 155 Å². The minimum absolute atomic E-state index is 0.0496. The molecular formula is C22H40O3. The SMILES string of the molecule is CCC(C)OC(=O)OC1CCC(C2CCC(C(C)(C)CC)CC2)CC1. The monoisotopic (exact) mass is 352 g/mol. The summed E-state index contributed by atoms with van der Waals surface area (Å²) in [7, 11) is 0. The van der Waals surface area contributed by atoms with Gasteiger partial charge in [0.25, 0.3) is 0 Å². The van der Waals surface area contributed by atoms with Crippen LogP contribution in [0.4, 0.5) is 4.79 Å². The van der Waals surface area contributed by atoms with Crippen molar-refractivity contribution in [2.75, 3.05) is 0 Å². The number of rotatable bonds is 6. The summed E-state index contributed by atoms with van der Waals surface area (Å²) in [5.41, 5.74) is 0.506. The summed E-state index contributed by atoms with van der Waals surface area (Å²) in [4.78, 5) is 11.8. The predicted molar refractivity (Wildman–Crippen MR) is 103 cm³/mol. The Kier molecular flexibility index (Phi) is 7.64. The fourth-order valence-electron chi connectivity index (χ4n) is 4.75. The van der Waals surface area contributed by atoms with Crippen LogP contribution in [0.3, 0.4) is 0 Å². The summed E-state index contributed by atoms with van der Waals surface area (Å²) < 4.78 is 10.8. The third-order valence-corrected chi connectivity index (χ3v) is 7.31. The van der Waals surface area contributed by atoms with Crippen LogP contribution in [0.1, 0.15) is 98.8 Å². The fraction of sp³-hybridized carbons (Fsp3) is 0.955. The Balaban J connectivity index is 1.70. The lowest BCUT2D eigenvalue weighted by Gasteiger charge is -2.42. The summed E-state index contributed by atoms with van der Waals surface area (Å²) in [5.74, 6) is 2.65. The molecule has 2 fully saturated rings. The zero-order valence-electron chi connectivity index (χ0n) is 17.2. The van der Waals surface area contributed by atoms with Crippen molar-refractivity contribution in [2.45, 2.75) is 111 Å². The van der Waals surface area contributed by atoms with Gasteiger partial charge >= 0.3 is 6.16 Å². The molecule has 0 radical (unpaired) electrons. The third kappa shape index (κ3) is 5.89. The van der Waals surface area contributed by atoms with E-state index >= 15 is 0 Å². The van der Waals surface area contributed by atoms with Gasteiger partial charge in [-0.1, -0.05) is 34.1 Å². The lowest BCUT2D eigenvalue weighted by molar-refractivity contribution is -0.0171. The highest BCUT2D eigenvalue weighted by atomic mass is 16.7. The summed E-state index contributed by atoms with van der Waals surface area (Å²) in [5, 5.41) is 0. The van der Waals surface area contributed by atoms with Gasteiger partial charge in [0.1, 0.15) is 12.2 Å². The van der Waals surface area contributed by atoms with Crippen LogP contribution in [0.2, 0.25) is 0 Å². The second kappa shape index (κ2) is 9.28. The molecule has 0 aromatic rings. The fourth-order valence-corrected chi connectivity index (χ4v) is 4.75. The first-order valence-electron chi connectivity index (χ1n) is 10.7. The molecule has 0 aromatic carbocycles. The first-order valence-corrected chi connectivity index (χ1v) is 10.7. The van der Waals surface area contributed by atoms with Gasteiger partial charge in [-0.3, -0.25) is 0 Å². The molecule has 2 saturated carbocycles. The van der Waals surface area contributed by atoms with E-state index in [0.717, 1.165) is 37.0 Å². The van der Waals surface area contributed by atoms with Crippen molar-refractivity contribution in [2.24, 2.45) is 23.2 Å². The second-order valence-electron chi connectivity index (χ2n) is 9.20. The highest BCUT2D eigenvalue weighted by Crippen LogP contribution is 2.46. The van der Waals surface area contributed by atoms with Gasteiger partial charge in [0.2, 0.25) is 0 Å². The van der Waals surface area contributed by atoms with E-state index in [-0.39, 0.29) is 12.2 Å². The van der Waals surface area contributed by atoms with Crippen LogP contribution in [0, 0.1) is 23.2 Å². The largest absolute Gasteiger partial charge is 0.508 e. The highest BCUT2D eigenvalue weighted by Gasteiger charge is 2.36. The molecule has 0 aliphatic heterocycles. The Morgan fingerprint density at radius 1 is 0.960 bits per heavy atom. The van der Waals surface area contributed by atoms with E-state index in [1.807, 2.05) is 13.8 Å². The van der Waals surface area contributed by atoms with Gasteiger partial charge < -0.3 is 9.47 Å². The minimum Gasteiger partial charge on any atom is -0.431 e. The van der Waals surface area contributed by atoms with E-state index in [1.54, 1.807) is 0 Å². The molecule has 0 N–H and O–H groups in total.